The third kappa shape index (κ3) is 7.78. The van der Waals surface area contributed by atoms with Crippen LogP contribution in [0.1, 0.15) is 73.1 Å². The fourth-order valence-electron chi connectivity index (χ4n) is 6.07. The van der Waals surface area contributed by atoms with E-state index in [1.807, 2.05) is 56.9 Å². The number of aryl methyl sites for hydroxylation is 1. The molecule has 0 amide bonds. The van der Waals surface area contributed by atoms with E-state index in [0.717, 1.165) is 34.9 Å². The molecule has 0 radical (unpaired) electrons. The number of anilines is 1. The number of carbonyl (C=O) groups excluding carboxylic acids is 2. The third-order valence-corrected chi connectivity index (χ3v) is 8.46. The second-order valence-corrected chi connectivity index (χ2v) is 13.2. The number of nitrogens with zero attached hydrogens (tertiary/aromatic N) is 3. The highest BCUT2D eigenvalue weighted by Gasteiger charge is 2.34. The van der Waals surface area contributed by atoms with Crippen LogP contribution in [0.25, 0.3) is 10.9 Å². The average molecular weight is 645 g/mol. The molecule has 1 aromatic heterocycles. The minimum Gasteiger partial charge on any atom is -0.496 e. The topological polar surface area (TPSA) is 85.3 Å². The summed E-state index contributed by atoms with van der Waals surface area (Å²) in [6, 6.07) is 9.26. The van der Waals surface area contributed by atoms with Crippen molar-refractivity contribution in [3.8, 4) is 5.75 Å². The van der Waals surface area contributed by atoms with Crippen molar-refractivity contribution in [2.45, 2.75) is 77.4 Å². The van der Waals surface area contributed by atoms with Crippen LogP contribution in [0.2, 0.25) is 0 Å². The Balaban J connectivity index is 1.53. The van der Waals surface area contributed by atoms with Gasteiger partial charge in [0, 0.05) is 67.6 Å². The van der Waals surface area contributed by atoms with E-state index in [4.69, 9.17) is 14.2 Å². The summed E-state index contributed by atoms with van der Waals surface area (Å²) in [6.45, 7) is 9.00. The number of hydrogen-bond donors (Lipinski definition) is 1. The highest BCUT2D eigenvalue weighted by atomic mass is 19.4. The maximum absolute atomic E-state index is 13.2. The van der Waals surface area contributed by atoms with Crippen LogP contribution >= 0.6 is 0 Å². The van der Waals surface area contributed by atoms with Crippen LogP contribution in [0.3, 0.4) is 0 Å². The minimum absolute atomic E-state index is 0.0991. The number of nitrogens with one attached hydrogen (secondary N) is 1. The molecule has 1 N–H and O–H groups in total. The predicted octanol–water partition coefficient (Wildman–Crippen LogP) is 6.91. The van der Waals surface area contributed by atoms with E-state index < -0.39 is 30.3 Å². The van der Waals surface area contributed by atoms with Crippen LogP contribution in [0.5, 0.6) is 5.75 Å². The summed E-state index contributed by atoms with van der Waals surface area (Å²) >= 11 is 0. The zero-order valence-electron chi connectivity index (χ0n) is 27.3. The van der Waals surface area contributed by atoms with Gasteiger partial charge in [-0.25, -0.2) is 9.59 Å². The molecule has 1 saturated carbocycles. The quantitative estimate of drug-likeness (QED) is 0.252. The van der Waals surface area contributed by atoms with Gasteiger partial charge in [-0.05, 0) is 75.9 Å². The van der Waals surface area contributed by atoms with Crippen molar-refractivity contribution < 1.29 is 37.0 Å². The summed E-state index contributed by atoms with van der Waals surface area (Å²) < 4.78 is 57.6. The molecule has 1 aliphatic heterocycles. The molecule has 0 bridgehead atoms. The van der Waals surface area contributed by atoms with Crippen LogP contribution in [-0.2, 0) is 16.0 Å². The Kier molecular flexibility index (Phi) is 9.60. The Labute approximate surface area is 267 Å². The summed E-state index contributed by atoms with van der Waals surface area (Å²) in [4.78, 5) is 29.8. The molecular weight excluding hydrogens is 601 g/mol. The summed E-state index contributed by atoms with van der Waals surface area (Å²) in [5.74, 6) is 0.200. The first-order chi connectivity index (χ1) is 21.7. The zero-order valence-corrected chi connectivity index (χ0v) is 27.3. The van der Waals surface area contributed by atoms with E-state index >= 15 is 0 Å². The van der Waals surface area contributed by atoms with E-state index in [9.17, 15) is 22.8 Å². The average Bonchev–Trinajstić information content (AvgIpc) is 3.68. The van der Waals surface area contributed by atoms with Gasteiger partial charge in [0.2, 0.25) is 0 Å². The number of fused-ring (bicyclic) bond motifs is 1. The summed E-state index contributed by atoms with van der Waals surface area (Å²) in [7, 11) is 2.94. The molecule has 2 fully saturated rings. The fraction of sp³-hybridized carbons (Fsp3) is 0.529. The van der Waals surface area contributed by atoms with Gasteiger partial charge in [-0.2, -0.15) is 13.2 Å². The van der Waals surface area contributed by atoms with E-state index in [0.29, 0.717) is 48.7 Å². The normalized spacial score (nSPS) is 18.1. The summed E-state index contributed by atoms with van der Waals surface area (Å²) in [5, 5.41) is 4.26. The van der Waals surface area contributed by atoms with Crippen LogP contribution < -0.4 is 10.1 Å². The second-order valence-electron chi connectivity index (χ2n) is 13.2. The smallest absolute Gasteiger partial charge is 0.419 e. The number of rotatable bonds is 9. The number of esters is 1. The zero-order chi connectivity index (χ0) is 33.4. The Morgan fingerprint density at radius 3 is 2.41 bits per heavy atom. The molecular formula is C34H43F3N4O5. The lowest BCUT2D eigenvalue weighted by Crippen LogP contribution is -2.48. The van der Waals surface area contributed by atoms with E-state index in [-0.39, 0.29) is 18.6 Å². The van der Waals surface area contributed by atoms with Crippen molar-refractivity contribution in [2.75, 3.05) is 45.7 Å². The first-order valence-electron chi connectivity index (χ1n) is 15.6. The number of halogens is 3. The molecule has 250 valence electrons. The first kappa shape index (κ1) is 33.6. The number of alkyl halides is 3. The molecule has 3 aromatic rings. The Bertz CT molecular complexity index is 1590. The molecule has 2 aromatic carbocycles. The second kappa shape index (κ2) is 13.2. The van der Waals surface area contributed by atoms with E-state index in [1.54, 1.807) is 19.4 Å². The molecule has 0 spiro atoms. The maximum Gasteiger partial charge on any atom is 0.419 e. The number of benzene rings is 2. The van der Waals surface area contributed by atoms with Crippen molar-refractivity contribution in [1.82, 2.24) is 14.4 Å². The van der Waals surface area contributed by atoms with Crippen LogP contribution in [0, 0.1) is 6.92 Å². The Morgan fingerprint density at radius 1 is 1.04 bits per heavy atom. The minimum atomic E-state index is -4.25. The Hall–Kier alpha value is -3.77. The van der Waals surface area contributed by atoms with Crippen molar-refractivity contribution in [3.05, 3.63) is 58.8 Å². The standard InChI is InChI=1S/C34H43F3N4O5/c1-21-17-29(44-5)26(24-11-13-41(30(21)24)32(43)46-33(2,3)4)19-40-16-15-39(14-12-34(35,36)37)20-28(40)22-7-10-25(31(42)45-6)27(18-22)38-23-8-9-23/h7,10-11,13,17-18,23,28,38H,8-9,12,14-16,19-20H2,1-6H3/t28-/m1/s1. The molecule has 1 saturated heterocycles. The first-order valence-corrected chi connectivity index (χ1v) is 15.6. The maximum atomic E-state index is 13.2. The summed E-state index contributed by atoms with van der Waals surface area (Å²) in [6.07, 6.45) is -1.93. The van der Waals surface area contributed by atoms with Gasteiger partial charge in [-0.3, -0.25) is 14.4 Å². The van der Waals surface area contributed by atoms with Gasteiger partial charge < -0.3 is 19.5 Å². The molecule has 2 aliphatic rings. The van der Waals surface area contributed by atoms with Crippen molar-refractivity contribution in [1.29, 1.82) is 0 Å². The molecule has 9 nitrogen and oxygen atoms in total. The molecule has 2 heterocycles. The monoisotopic (exact) mass is 644 g/mol. The lowest BCUT2D eigenvalue weighted by molar-refractivity contribution is -0.139. The van der Waals surface area contributed by atoms with Gasteiger partial charge in [0.15, 0.2) is 0 Å². The van der Waals surface area contributed by atoms with Crippen LogP contribution in [0.15, 0.2) is 36.5 Å². The van der Waals surface area contributed by atoms with Crippen molar-refractivity contribution in [3.63, 3.8) is 0 Å². The number of piperazine rings is 1. The lowest BCUT2D eigenvalue weighted by Gasteiger charge is -2.42. The van der Waals surface area contributed by atoms with Gasteiger partial charge >= 0.3 is 18.2 Å². The van der Waals surface area contributed by atoms with Gasteiger partial charge in [0.05, 0.1) is 31.7 Å². The third-order valence-electron chi connectivity index (χ3n) is 8.46. The van der Waals surface area contributed by atoms with Gasteiger partial charge in [-0.1, -0.05) is 6.07 Å². The van der Waals surface area contributed by atoms with Crippen LogP contribution in [-0.4, -0.2) is 84.6 Å². The largest absolute Gasteiger partial charge is 0.496 e. The number of hydrogen-bond acceptors (Lipinski definition) is 8. The predicted molar refractivity (Wildman–Crippen MR) is 170 cm³/mol. The summed E-state index contributed by atoms with van der Waals surface area (Å²) in [5.41, 5.74) is 3.69. The fourth-order valence-corrected chi connectivity index (χ4v) is 6.07. The number of ether oxygens (including phenoxy) is 3. The van der Waals surface area contributed by atoms with Crippen molar-refractivity contribution >= 4 is 28.7 Å². The molecule has 46 heavy (non-hydrogen) atoms. The molecule has 12 heteroatoms. The number of aromatic nitrogens is 1. The SMILES string of the molecule is COC(=O)c1ccc([C@H]2CN(CCC(F)(F)F)CCN2Cc2c(OC)cc(C)c3c2ccn3C(=O)OC(C)(C)C)cc1NC1CC1. The molecule has 1 atom stereocenters. The lowest BCUT2D eigenvalue weighted by atomic mass is 9.97. The van der Waals surface area contributed by atoms with E-state index in [2.05, 4.69) is 10.2 Å². The molecule has 1 aliphatic carbocycles. The van der Waals surface area contributed by atoms with Gasteiger partial charge in [0.25, 0.3) is 0 Å². The Morgan fingerprint density at radius 2 is 1.78 bits per heavy atom. The van der Waals surface area contributed by atoms with Crippen LogP contribution in [0.4, 0.5) is 23.7 Å². The van der Waals surface area contributed by atoms with Gasteiger partial charge in [-0.15, -0.1) is 0 Å². The molecule has 5 rings (SSSR count). The van der Waals surface area contributed by atoms with E-state index in [1.165, 1.54) is 11.7 Å². The molecule has 0 unspecified atom stereocenters. The highest BCUT2D eigenvalue weighted by Crippen LogP contribution is 2.38. The van der Waals surface area contributed by atoms with Crippen molar-refractivity contribution in [2.24, 2.45) is 0 Å². The number of carbonyl (C=O) groups is 2. The highest BCUT2D eigenvalue weighted by molar-refractivity contribution is 5.96. The number of methoxy groups -OCH3 is 2. The van der Waals surface area contributed by atoms with Gasteiger partial charge in [0.1, 0.15) is 11.4 Å².